The molecule has 0 radical (unpaired) electrons. The van der Waals surface area contributed by atoms with Crippen molar-refractivity contribution in [3.05, 3.63) is 59.7 Å². The van der Waals surface area contributed by atoms with Crippen LogP contribution in [-0.2, 0) is 6.42 Å². The number of aliphatic imine (C=N–C) groups is 1. The monoisotopic (exact) mass is 513 g/mol. The second-order valence-electron chi connectivity index (χ2n) is 6.38. The fraction of sp³-hybridized carbons (Fsp3) is 0.409. The van der Waals surface area contributed by atoms with E-state index in [1.54, 1.807) is 14.2 Å². The smallest absolute Gasteiger partial charge is 0.191 e. The molecular formula is C22H32IN3O3. The van der Waals surface area contributed by atoms with E-state index < -0.39 is 0 Å². The number of benzene rings is 2. The predicted molar refractivity (Wildman–Crippen MR) is 129 cm³/mol. The number of aliphatic hydroxyl groups is 1. The molecule has 0 spiro atoms. The van der Waals surface area contributed by atoms with Crippen LogP contribution in [0.1, 0.15) is 24.0 Å². The third kappa shape index (κ3) is 8.10. The number of hydrogen-bond donors (Lipinski definition) is 3. The molecule has 160 valence electrons. The van der Waals surface area contributed by atoms with Gasteiger partial charge in [0.1, 0.15) is 0 Å². The highest BCUT2D eigenvalue weighted by Crippen LogP contribution is 2.27. The molecule has 0 aromatic heterocycles. The number of guanidine groups is 1. The maximum Gasteiger partial charge on any atom is 0.191 e. The molecule has 1 atom stereocenters. The summed E-state index contributed by atoms with van der Waals surface area (Å²) in [6.07, 6.45) is 0.826. The first-order valence-corrected chi connectivity index (χ1v) is 9.60. The van der Waals surface area contributed by atoms with Gasteiger partial charge in [-0.25, -0.2) is 0 Å². The summed E-state index contributed by atoms with van der Waals surface area (Å²) in [4.78, 5) is 4.64. The van der Waals surface area contributed by atoms with E-state index in [1.165, 1.54) is 0 Å². The standard InChI is InChI=1S/C22H31N3O3.HI/c1-4-23-22(25-15-19(16-26)18-8-6-5-7-9-18)24-13-12-17-10-11-20(27-2)21(14-17)28-3;/h5-11,14,19,26H,4,12-13,15-16H2,1-3H3,(H2,23,24,25);1H. The summed E-state index contributed by atoms with van der Waals surface area (Å²) in [5.41, 5.74) is 2.24. The molecule has 0 amide bonds. The molecule has 6 nitrogen and oxygen atoms in total. The van der Waals surface area contributed by atoms with Gasteiger partial charge in [0.15, 0.2) is 17.5 Å². The van der Waals surface area contributed by atoms with Crippen LogP contribution in [-0.4, -0.2) is 51.5 Å². The lowest BCUT2D eigenvalue weighted by Gasteiger charge is -2.15. The van der Waals surface area contributed by atoms with Crippen LogP contribution in [0.25, 0.3) is 0 Å². The molecule has 29 heavy (non-hydrogen) atoms. The first-order valence-electron chi connectivity index (χ1n) is 9.60. The Kier molecular flexibility index (Phi) is 12.1. The van der Waals surface area contributed by atoms with E-state index >= 15 is 0 Å². The number of ether oxygens (including phenoxy) is 2. The average molecular weight is 513 g/mol. The zero-order chi connectivity index (χ0) is 20.2. The van der Waals surface area contributed by atoms with Gasteiger partial charge in [0.2, 0.25) is 0 Å². The van der Waals surface area contributed by atoms with Crippen molar-refractivity contribution in [3.8, 4) is 11.5 Å². The highest BCUT2D eigenvalue weighted by molar-refractivity contribution is 14.0. The molecule has 7 heteroatoms. The molecule has 3 N–H and O–H groups in total. The van der Waals surface area contributed by atoms with Crippen molar-refractivity contribution in [2.75, 3.05) is 40.5 Å². The minimum Gasteiger partial charge on any atom is -0.493 e. The number of rotatable bonds is 10. The third-order valence-corrected chi connectivity index (χ3v) is 4.46. The Morgan fingerprint density at radius 3 is 2.38 bits per heavy atom. The van der Waals surface area contributed by atoms with Crippen molar-refractivity contribution in [3.63, 3.8) is 0 Å². The minimum absolute atomic E-state index is 0. The van der Waals surface area contributed by atoms with Crippen molar-refractivity contribution in [1.29, 1.82) is 0 Å². The Morgan fingerprint density at radius 1 is 1.03 bits per heavy atom. The average Bonchev–Trinajstić information content (AvgIpc) is 2.74. The molecule has 0 aliphatic carbocycles. The summed E-state index contributed by atoms with van der Waals surface area (Å²) >= 11 is 0. The quantitative estimate of drug-likeness (QED) is 0.259. The molecule has 1 unspecified atom stereocenters. The highest BCUT2D eigenvalue weighted by atomic mass is 127. The van der Waals surface area contributed by atoms with Gasteiger partial charge in [0, 0.05) is 19.0 Å². The topological polar surface area (TPSA) is 75.1 Å². The van der Waals surface area contributed by atoms with Crippen LogP contribution in [0, 0.1) is 0 Å². The van der Waals surface area contributed by atoms with Crippen LogP contribution in [0.5, 0.6) is 11.5 Å². The fourth-order valence-electron chi connectivity index (χ4n) is 2.90. The highest BCUT2D eigenvalue weighted by Gasteiger charge is 2.10. The normalized spacial score (nSPS) is 11.9. The zero-order valence-corrected chi connectivity index (χ0v) is 19.7. The van der Waals surface area contributed by atoms with E-state index in [0.29, 0.717) is 6.54 Å². The summed E-state index contributed by atoms with van der Waals surface area (Å²) in [6.45, 7) is 4.13. The Bertz CT molecular complexity index is 741. The number of halogens is 1. The number of hydrogen-bond acceptors (Lipinski definition) is 4. The van der Waals surface area contributed by atoms with Crippen molar-refractivity contribution in [1.82, 2.24) is 10.6 Å². The molecular weight excluding hydrogens is 481 g/mol. The van der Waals surface area contributed by atoms with Gasteiger partial charge in [-0.05, 0) is 36.6 Å². The van der Waals surface area contributed by atoms with Gasteiger partial charge in [-0.15, -0.1) is 24.0 Å². The molecule has 2 aromatic carbocycles. The van der Waals surface area contributed by atoms with Crippen molar-refractivity contribution in [2.45, 2.75) is 19.3 Å². The summed E-state index contributed by atoms with van der Waals surface area (Å²) in [6, 6.07) is 15.9. The zero-order valence-electron chi connectivity index (χ0n) is 17.4. The SMILES string of the molecule is CCNC(=NCC(CO)c1ccccc1)NCCc1ccc(OC)c(OC)c1.I. The van der Waals surface area contributed by atoms with Crippen LogP contribution >= 0.6 is 24.0 Å². The number of methoxy groups -OCH3 is 2. The van der Waals surface area contributed by atoms with Crippen LogP contribution in [0.4, 0.5) is 0 Å². The third-order valence-electron chi connectivity index (χ3n) is 4.46. The maximum absolute atomic E-state index is 9.71. The fourth-order valence-corrected chi connectivity index (χ4v) is 2.90. The van der Waals surface area contributed by atoms with Gasteiger partial charge >= 0.3 is 0 Å². The summed E-state index contributed by atoms with van der Waals surface area (Å²) in [5.74, 6) is 2.19. The molecule has 0 saturated heterocycles. The summed E-state index contributed by atoms with van der Waals surface area (Å²) < 4.78 is 10.6. The lowest BCUT2D eigenvalue weighted by molar-refractivity contribution is 0.268. The molecule has 0 aliphatic rings. The molecule has 0 bridgehead atoms. The molecule has 2 aromatic rings. The van der Waals surface area contributed by atoms with Crippen LogP contribution in [0.2, 0.25) is 0 Å². The minimum atomic E-state index is -0.0116. The molecule has 0 heterocycles. The van der Waals surface area contributed by atoms with E-state index in [-0.39, 0.29) is 36.5 Å². The van der Waals surface area contributed by atoms with Crippen LogP contribution in [0.15, 0.2) is 53.5 Å². The van der Waals surface area contributed by atoms with E-state index in [9.17, 15) is 5.11 Å². The Balaban J connectivity index is 0.00000420. The molecule has 0 fully saturated rings. The summed E-state index contributed by atoms with van der Waals surface area (Å²) in [7, 11) is 3.27. The lowest BCUT2D eigenvalue weighted by Crippen LogP contribution is -2.38. The van der Waals surface area contributed by atoms with E-state index in [1.807, 2.05) is 55.5 Å². The van der Waals surface area contributed by atoms with Gasteiger partial charge in [-0.3, -0.25) is 4.99 Å². The van der Waals surface area contributed by atoms with Crippen LogP contribution < -0.4 is 20.1 Å². The number of aliphatic hydroxyl groups excluding tert-OH is 1. The second-order valence-corrected chi connectivity index (χ2v) is 6.38. The van der Waals surface area contributed by atoms with E-state index in [2.05, 4.69) is 15.6 Å². The second kappa shape index (κ2) is 14.1. The molecule has 0 saturated carbocycles. The number of nitrogens with one attached hydrogen (secondary N) is 2. The number of nitrogens with zero attached hydrogens (tertiary/aromatic N) is 1. The van der Waals surface area contributed by atoms with Gasteiger partial charge < -0.3 is 25.2 Å². The Hall–Kier alpha value is -2.00. The largest absolute Gasteiger partial charge is 0.493 e. The van der Waals surface area contributed by atoms with Gasteiger partial charge in [-0.2, -0.15) is 0 Å². The van der Waals surface area contributed by atoms with Gasteiger partial charge in [0.25, 0.3) is 0 Å². The Labute approximate surface area is 190 Å². The predicted octanol–water partition coefficient (Wildman–Crippen LogP) is 3.20. The Morgan fingerprint density at radius 2 is 1.76 bits per heavy atom. The lowest BCUT2D eigenvalue weighted by atomic mass is 10.0. The molecule has 2 rings (SSSR count). The van der Waals surface area contributed by atoms with Crippen molar-refractivity contribution in [2.24, 2.45) is 4.99 Å². The maximum atomic E-state index is 9.71. The van der Waals surface area contributed by atoms with Crippen molar-refractivity contribution >= 4 is 29.9 Å². The molecule has 0 aliphatic heterocycles. The first-order chi connectivity index (χ1) is 13.7. The van der Waals surface area contributed by atoms with E-state index in [0.717, 1.165) is 48.1 Å². The first kappa shape index (κ1) is 25.0. The van der Waals surface area contributed by atoms with Gasteiger partial charge in [0.05, 0.1) is 27.4 Å². The van der Waals surface area contributed by atoms with E-state index in [4.69, 9.17) is 9.47 Å². The van der Waals surface area contributed by atoms with Crippen LogP contribution in [0.3, 0.4) is 0 Å². The van der Waals surface area contributed by atoms with Crippen molar-refractivity contribution < 1.29 is 14.6 Å². The van der Waals surface area contributed by atoms with Gasteiger partial charge in [-0.1, -0.05) is 36.4 Å². The summed E-state index contributed by atoms with van der Waals surface area (Å²) in [5, 5.41) is 16.3.